The van der Waals surface area contributed by atoms with Gasteiger partial charge in [0.05, 0.1) is 10.6 Å². The number of para-hydroxylation sites is 1. The van der Waals surface area contributed by atoms with Crippen LogP contribution >= 0.6 is 11.6 Å². The van der Waals surface area contributed by atoms with Gasteiger partial charge < -0.3 is 4.42 Å². The molecule has 0 fully saturated rings. The van der Waals surface area contributed by atoms with Gasteiger partial charge in [0.2, 0.25) is 5.89 Å². The summed E-state index contributed by atoms with van der Waals surface area (Å²) in [6.45, 7) is 1.99. The number of rotatable bonds is 4. The lowest BCUT2D eigenvalue weighted by Crippen LogP contribution is -1.91. The van der Waals surface area contributed by atoms with Crippen molar-refractivity contribution in [1.29, 1.82) is 0 Å². The maximum atomic E-state index is 11.0. The van der Waals surface area contributed by atoms with E-state index in [4.69, 9.17) is 16.0 Å². The van der Waals surface area contributed by atoms with E-state index in [2.05, 4.69) is 9.98 Å². The highest BCUT2D eigenvalue weighted by atomic mass is 35.5. The molecule has 0 saturated carbocycles. The fourth-order valence-corrected chi connectivity index (χ4v) is 2.99. The first-order valence-electron chi connectivity index (χ1n) is 8.46. The first kappa shape index (κ1) is 17.9. The van der Waals surface area contributed by atoms with Gasteiger partial charge in [-0.15, -0.1) is 0 Å². The van der Waals surface area contributed by atoms with Crippen molar-refractivity contribution < 1.29 is 9.34 Å². The van der Waals surface area contributed by atoms with Gasteiger partial charge in [0.15, 0.2) is 5.58 Å². The number of halogens is 1. The Hall–Kier alpha value is -3.51. The molecule has 0 bridgehead atoms. The van der Waals surface area contributed by atoms with E-state index in [0.29, 0.717) is 17.1 Å². The SMILES string of the molecule is Cc1cccc2oc(-c3ccc(N=Cc4ccc(Cl)c([N+](=O)[O-])c4)cc3)nc12. The normalized spacial score (nSPS) is 11.4. The monoisotopic (exact) mass is 391 g/mol. The number of oxazole rings is 1. The van der Waals surface area contributed by atoms with Gasteiger partial charge in [-0.05, 0) is 54.4 Å². The molecule has 1 heterocycles. The van der Waals surface area contributed by atoms with Crippen LogP contribution in [-0.4, -0.2) is 16.1 Å². The van der Waals surface area contributed by atoms with Gasteiger partial charge in [-0.2, -0.15) is 0 Å². The van der Waals surface area contributed by atoms with E-state index < -0.39 is 4.92 Å². The van der Waals surface area contributed by atoms with Gasteiger partial charge in [-0.25, -0.2) is 4.98 Å². The Labute approximate surface area is 165 Å². The number of aryl methyl sites for hydroxylation is 1. The summed E-state index contributed by atoms with van der Waals surface area (Å²) in [4.78, 5) is 19.4. The van der Waals surface area contributed by atoms with E-state index in [9.17, 15) is 10.1 Å². The van der Waals surface area contributed by atoms with Gasteiger partial charge in [0.1, 0.15) is 10.5 Å². The number of aliphatic imine (C=N–C) groups is 1. The molecule has 4 aromatic rings. The van der Waals surface area contributed by atoms with Crippen LogP contribution in [0.3, 0.4) is 0 Å². The second-order valence-electron chi connectivity index (χ2n) is 6.21. The molecule has 4 rings (SSSR count). The molecular formula is C21H14ClN3O3. The third-order valence-electron chi connectivity index (χ3n) is 4.26. The van der Waals surface area contributed by atoms with Crippen molar-refractivity contribution in [3.05, 3.63) is 86.9 Å². The molecule has 0 spiro atoms. The Morgan fingerprint density at radius 1 is 1.14 bits per heavy atom. The predicted molar refractivity (Wildman–Crippen MR) is 110 cm³/mol. The lowest BCUT2D eigenvalue weighted by Gasteiger charge is -1.99. The van der Waals surface area contributed by atoms with Crippen molar-refractivity contribution in [3.8, 4) is 11.5 Å². The number of aromatic nitrogens is 1. The minimum Gasteiger partial charge on any atom is -0.436 e. The summed E-state index contributed by atoms with van der Waals surface area (Å²) in [6.07, 6.45) is 1.56. The number of nitro groups is 1. The van der Waals surface area contributed by atoms with Crippen LogP contribution in [0, 0.1) is 17.0 Å². The van der Waals surface area contributed by atoms with Crippen molar-refractivity contribution in [3.63, 3.8) is 0 Å². The zero-order valence-corrected chi connectivity index (χ0v) is 15.6. The zero-order valence-electron chi connectivity index (χ0n) is 14.8. The third-order valence-corrected chi connectivity index (χ3v) is 4.58. The van der Waals surface area contributed by atoms with Crippen molar-refractivity contribution in [2.75, 3.05) is 0 Å². The maximum absolute atomic E-state index is 11.0. The molecule has 0 N–H and O–H groups in total. The number of hydrogen-bond donors (Lipinski definition) is 0. The van der Waals surface area contributed by atoms with Gasteiger partial charge in [-0.1, -0.05) is 29.8 Å². The highest BCUT2D eigenvalue weighted by Gasteiger charge is 2.12. The molecule has 0 unspecified atom stereocenters. The molecule has 6 nitrogen and oxygen atoms in total. The van der Waals surface area contributed by atoms with Gasteiger partial charge >= 0.3 is 0 Å². The maximum Gasteiger partial charge on any atom is 0.288 e. The highest BCUT2D eigenvalue weighted by Crippen LogP contribution is 2.28. The second kappa shape index (κ2) is 7.25. The van der Waals surface area contributed by atoms with Crippen LogP contribution in [-0.2, 0) is 0 Å². The Kier molecular flexibility index (Phi) is 4.63. The minimum atomic E-state index is -0.517. The fourth-order valence-electron chi connectivity index (χ4n) is 2.80. The van der Waals surface area contributed by atoms with Crippen LogP contribution in [0.5, 0.6) is 0 Å². The topological polar surface area (TPSA) is 81.5 Å². The first-order valence-corrected chi connectivity index (χ1v) is 8.84. The number of nitro benzene ring substituents is 1. The lowest BCUT2D eigenvalue weighted by molar-refractivity contribution is -0.384. The van der Waals surface area contributed by atoms with Crippen LogP contribution in [0.15, 0.2) is 70.1 Å². The standard InChI is InChI=1S/C21H14ClN3O3/c1-13-3-2-4-19-20(13)24-21(28-19)15-6-8-16(9-7-15)23-12-14-5-10-17(22)18(11-14)25(26)27/h2-12H,1H3. The van der Waals surface area contributed by atoms with Crippen molar-refractivity contribution in [2.45, 2.75) is 6.92 Å². The summed E-state index contributed by atoms with van der Waals surface area (Å²) in [5.74, 6) is 0.549. The van der Waals surface area contributed by atoms with E-state index in [0.717, 1.165) is 22.2 Å². The number of benzene rings is 3. The summed E-state index contributed by atoms with van der Waals surface area (Å²) in [6, 6.07) is 17.8. The van der Waals surface area contributed by atoms with E-state index in [1.807, 2.05) is 49.4 Å². The van der Waals surface area contributed by atoms with Gasteiger partial charge in [0, 0.05) is 17.8 Å². The Bertz CT molecular complexity index is 1210. The first-order chi connectivity index (χ1) is 13.5. The van der Waals surface area contributed by atoms with E-state index in [-0.39, 0.29) is 10.7 Å². The molecule has 0 aliphatic heterocycles. The molecule has 1 aromatic heterocycles. The van der Waals surface area contributed by atoms with E-state index in [1.54, 1.807) is 12.3 Å². The quantitative estimate of drug-likeness (QED) is 0.238. The predicted octanol–water partition coefficient (Wildman–Crippen LogP) is 6.12. The minimum absolute atomic E-state index is 0.0973. The van der Waals surface area contributed by atoms with Crippen molar-refractivity contribution in [1.82, 2.24) is 4.98 Å². The van der Waals surface area contributed by atoms with Crippen LogP contribution in [0.4, 0.5) is 11.4 Å². The molecule has 138 valence electrons. The van der Waals surface area contributed by atoms with Crippen LogP contribution < -0.4 is 0 Å². The summed E-state index contributed by atoms with van der Waals surface area (Å²) >= 11 is 5.82. The van der Waals surface area contributed by atoms with Crippen LogP contribution in [0.1, 0.15) is 11.1 Å². The molecule has 3 aromatic carbocycles. The lowest BCUT2D eigenvalue weighted by atomic mass is 10.2. The summed E-state index contributed by atoms with van der Waals surface area (Å²) < 4.78 is 5.82. The Balaban J connectivity index is 1.58. The number of hydrogen-bond acceptors (Lipinski definition) is 5. The molecule has 0 aliphatic rings. The van der Waals surface area contributed by atoms with Crippen molar-refractivity contribution in [2.24, 2.45) is 4.99 Å². The van der Waals surface area contributed by atoms with E-state index >= 15 is 0 Å². The smallest absolute Gasteiger partial charge is 0.288 e. The molecule has 0 saturated heterocycles. The molecule has 28 heavy (non-hydrogen) atoms. The second-order valence-corrected chi connectivity index (χ2v) is 6.62. The molecule has 0 radical (unpaired) electrons. The van der Waals surface area contributed by atoms with Crippen molar-refractivity contribution >= 4 is 40.3 Å². The Morgan fingerprint density at radius 3 is 2.64 bits per heavy atom. The largest absolute Gasteiger partial charge is 0.436 e. The summed E-state index contributed by atoms with van der Waals surface area (Å²) in [5, 5.41) is 11.1. The number of nitrogens with zero attached hydrogens (tertiary/aromatic N) is 3. The zero-order chi connectivity index (χ0) is 19.7. The van der Waals surface area contributed by atoms with Crippen LogP contribution in [0.2, 0.25) is 5.02 Å². The van der Waals surface area contributed by atoms with Crippen LogP contribution in [0.25, 0.3) is 22.6 Å². The summed E-state index contributed by atoms with van der Waals surface area (Å²) in [5.41, 5.74) is 4.66. The Morgan fingerprint density at radius 2 is 1.93 bits per heavy atom. The third kappa shape index (κ3) is 3.50. The van der Waals surface area contributed by atoms with Gasteiger partial charge in [0.25, 0.3) is 5.69 Å². The molecular weight excluding hydrogens is 378 g/mol. The average Bonchev–Trinajstić information content (AvgIpc) is 3.13. The molecule has 0 aliphatic carbocycles. The fraction of sp³-hybridized carbons (Fsp3) is 0.0476. The number of fused-ring (bicyclic) bond motifs is 1. The molecule has 0 amide bonds. The average molecular weight is 392 g/mol. The molecule has 0 atom stereocenters. The van der Waals surface area contributed by atoms with E-state index in [1.165, 1.54) is 12.1 Å². The summed E-state index contributed by atoms with van der Waals surface area (Å²) in [7, 11) is 0. The van der Waals surface area contributed by atoms with Gasteiger partial charge in [-0.3, -0.25) is 15.1 Å². The molecule has 7 heteroatoms. The highest BCUT2D eigenvalue weighted by molar-refractivity contribution is 6.32.